The number of unbranched alkanes of at least 4 members (excludes halogenated alkanes) is 1. The van der Waals surface area contributed by atoms with Crippen LogP contribution in [-0.4, -0.2) is 172 Å². The molecule has 0 unspecified atom stereocenters. The van der Waals surface area contributed by atoms with Gasteiger partial charge in [0.1, 0.15) is 48.0 Å². The van der Waals surface area contributed by atoms with Gasteiger partial charge in [-0.3, -0.25) is 57.5 Å². The number of phenols is 1. The van der Waals surface area contributed by atoms with Crippen LogP contribution in [0.15, 0.2) is 54.6 Å². The Bertz CT molecular complexity index is 2440. The number of nitrogens with two attached hydrogens (primary N) is 4. The summed E-state index contributed by atoms with van der Waals surface area (Å²) >= 11 is 1.44. The van der Waals surface area contributed by atoms with E-state index in [0.29, 0.717) is 23.3 Å². The van der Waals surface area contributed by atoms with Gasteiger partial charge in [-0.05, 0) is 86.8 Å². The molecule has 0 bridgehead atoms. The van der Waals surface area contributed by atoms with Gasteiger partial charge in [0.2, 0.25) is 65.0 Å². The van der Waals surface area contributed by atoms with Crippen molar-refractivity contribution in [2.75, 3.05) is 31.6 Å². The van der Waals surface area contributed by atoms with Crippen LogP contribution in [0.3, 0.4) is 0 Å². The molecule has 0 radical (unpaired) electrons. The summed E-state index contributed by atoms with van der Waals surface area (Å²) in [5.74, 6) is -11.6. The SMILES string of the molecule is CSCC[C@H](NC(=O)[C@H](CC(C)C)NC(=O)CNC(=O)[C@H](Cc1ccc(O)cc1)NC(=O)[C@H](Cc1ccccc1)NC(=O)[C@H](CCCCN)NC(=O)[C@H](CC(=O)O)NC(=O)CNC(=O)[C@@H](NC(=O)[C@@H](N)CC(N)=O)[C@@H](C)O)C(N)=O. The van der Waals surface area contributed by atoms with Gasteiger partial charge in [-0.2, -0.15) is 11.8 Å². The van der Waals surface area contributed by atoms with Crippen LogP contribution in [0.25, 0.3) is 0 Å². The first-order valence-corrected chi connectivity index (χ1v) is 27.0. The normalized spacial score (nSPS) is 14.3. The van der Waals surface area contributed by atoms with Gasteiger partial charge in [-0.15, -0.1) is 0 Å². The number of aliphatic hydroxyl groups is 1. The maximum absolute atomic E-state index is 14.5. The van der Waals surface area contributed by atoms with Crippen molar-refractivity contribution in [2.24, 2.45) is 28.9 Å². The van der Waals surface area contributed by atoms with Crippen molar-refractivity contribution >= 4 is 82.7 Å². The zero-order valence-electron chi connectivity index (χ0n) is 45.1. The fourth-order valence-electron chi connectivity index (χ4n) is 7.63. The molecule has 2 aromatic carbocycles. The number of aromatic hydroxyl groups is 1. The molecule has 28 nitrogen and oxygen atoms in total. The van der Waals surface area contributed by atoms with E-state index in [2.05, 4.69) is 47.9 Å². The number of carbonyl (C=O) groups excluding carboxylic acids is 11. The predicted octanol–water partition coefficient (Wildman–Crippen LogP) is -4.72. The molecule has 0 aromatic heterocycles. The number of aliphatic carboxylic acids is 1. The number of rotatable bonds is 37. The summed E-state index contributed by atoms with van der Waals surface area (Å²) in [5.41, 5.74) is 22.9. The minimum Gasteiger partial charge on any atom is -0.508 e. The van der Waals surface area contributed by atoms with Gasteiger partial charge < -0.3 is 86.1 Å². The lowest BCUT2D eigenvalue weighted by Crippen LogP contribution is -2.60. The summed E-state index contributed by atoms with van der Waals surface area (Å²) in [6, 6.07) is 2.41. The molecule has 0 fully saturated rings. The van der Waals surface area contributed by atoms with Gasteiger partial charge in [-0.1, -0.05) is 56.3 Å². The van der Waals surface area contributed by atoms with Crippen LogP contribution in [0.2, 0.25) is 0 Å². The van der Waals surface area contributed by atoms with Crippen LogP contribution < -0.4 is 70.8 Å². The summed E-state index contributed by atoms with van der Waals surface area (Å²) in [5, 5.41) is 51.6. The molecule has 0 heterocycles. The lowest BCUT2D eigenvalue weighted by Gasteiger charge is -2.27. The summed E-state index contributed by atoms with van der Waals surface area (Å²) in [7, 11) is 0. The van der Waals surface area contributed by atoms with E-state index in [1.54, 1.807) is 30.3 Å². The zero-order valence-corrected chi connectivity index (χ0v) is 45.9. The van der Waals surface area contributed by atoms with Gasteiger partial charge >= 0.3 is 5.97 Å². The standard InChI is InChI=1S/C51H77N13O15S/c1-27(2)20-35(48(76)60-33(44(55)72)17-19-80-4)58-40(68)25-56-46(74)36(22-30-13-15-31(66)16-14-30)62-49(77)37(21-29-10-6-5-7-11-29)63-47(75)34(12-8-9-18-52)61-50(78)38(24-42(70)71)59-41(69)26-57-51(79)43(28(3)65)64-45(73)32(53)23-39(54)67/h5-7,10-11,13-16,27-28,32-38,43,65-66H,8-9,12,17-26,52-53H2,1-4H3,(H2,54,67)(H2,55,72)(H,56,74)(H,57,79)(H,58,68)(H,59,69)(H,60,76)(H,61,78)(H,62,77)(H,63,75)(H,64,73)(H,70,71)/t28-,32+,33+,34+,35+,36+,37+,38+,43+/m1/s1. The van der Waals surface area contributed by atoms with Crippen molar-refractivity contribution in [1.29, 1.82) is 0 Å². The average molecular weight is 1140 g/mol. The van der Waals surface area contributed by atoms with Gasteiger partial charge in [0, 0.05) is 12.8 Å². The van der Waals surface area contributed by atoms with Crippen LogP contribution >= 0.6 is 11.8 Å². The third-order valence-electron chi connectivity index (χ3n) is 11.8. The highest BCUT2D eigenvalue weighted by Crippen LogP contribution is 2.14. The zero-order chi connectivity index (χ0) is 60.1. The molecule has 0 saturated carbocycles. The molecule has 9 atom stereocenters. The molecular formula is C51H77N13O15S. The number of hydrogen-bond acceptors (Lipinski definition) is 17. The van der Waals surface area contributed by atoms with Gasteiger partial charge in [-0.25, -0.2) is 0 Å². The van der Waals surface area contributed by atoms with Crippen LogP contribution in [0.5, 0.6) is 5.75 Å². The molecule has 442 valence electrons. The predicted molar refractivity (Wildman–Crippen MR) is 292 cm³/mol. The van der Waals surface area contributed by atoms with Gasteiger partial charge in [0.05, 0.1) is 38.1 Å². The number of hydrogen-bond donors (Lipinski definition) is 16. The minimum absolute atomic E-state index is 0.0984. The van der Waals surface area contributed by atoms with Crippen molar-refractivity contribution in [1.82, 2.24) is 47.9 Å². The summed E-state index contributed by atoms with van der Waals surface area (Å²) in [6.07, 6.45) is -0.891. The Labute approximate surface area is 466 Å². The number of amides is 11. The quantitative estimate of drug-likeness (QED) is 0.0283. The van der Waals surface area contributed by atoms with Crippen molar-refractivity contribution in [3.05, 3.63) is 65.7 Å². The second kappa shape index (κ2) is 35.6. The monoisotopic (exact) mass is 1140 g/mol. The van der Waals surface area contributed by atoms with Crippen LogP contribution in [-0.2, 0) is 70.4 Å². The Morgan fingerprint density at radius 1 is 0.562 bits per heavy atom. The number of thioether (sulfide) groups is 1. The van der Waals surface area contributed by atoms with E-state index in [0.717, 1.165) is 6.92 Å². The van der Waals surface area contributed by atoms with Crippen molar-refractivity contribution in [3.8, 4) is 5.75 Å². The van der Waals surface area contributed by atoms with Crippen molar-refractivity contribution in [2.45, 2.75) is 133 Å². The molecule has 0 spiro atoms. The number of carbonyl (C=O) groups is 12. The van der Waals surface area contributed by atoms with Gasteiger partial charge in [0.15, 0.2) is 0 Å². The second-order valence-electron chi connectivity index (χ2n) is 19.2. The Balaban J connectivity index is 2.41. The molecule has 0 saturated heterocycles. The Morgan fingerprint density at radius 2 is 1.06 bits per heavy atom. The number of aliphatic hydroxyl groups excluding tert-OH is 1. The largest absolute Gasteiger partial charge is 0.508 e. The molecule has 2 aromatic rings. The number of carboxylic acids is 1. The minimum atomic E-state index is -1.87. The van der Waals surface area contributed by atoms with Gasteiger partial charge in [0.25, 0.3) is 0 Å². The third-order valence-corrected chi connectivity index (χ3v) is 12.5. The van der Waals surface area contributed by atoms with Crippen LogP contribution in [0.4, 0.5) is 0 Å². The first-order chi connectivity index (χ1) is 37.7. The van der Waals surface area contributed by atoms with Crippen LogP contribution in [0, 0.1) is 5.92 Å². The summed E-state index contributed by atoms with van der Waals surface area (Å²) < 4.78 is 0. The molecule has 2 rings (SSSR count). The van der Waals surface area contributed by atoms with E-state index in [9.17, 15) is 72.9 Å². The highest BCUT2D eigenvalue weighted by molar-refractivity contribution is 7.98. The number of phenolic OH excluding ortho intramolecular Hbond substituents is 1. The van der Waals surface area contributed by atoms with Crippen LogP contribution in [0.1, 0.15) is 76.8 Å². The maximum Gasteiger partial charge on any atom is 0.305 e. The van der Waals surface area contributed by atoms with Crippen molar-refractivity contribution < 1.29 is 72.9 Å². The maximum atomic E-state index is 14.5. The third kappa shape index (κ3) is 26.2. The van der Waals surface area contributed by atoms with E-state index >= 15 is 0 Å². The molecule has 0 aliphatic carbocycles. The summed E-state index contributed by atoms with van der Waals surface area (Å²) in [6.45, 7) is 3.32. The average Bonchev–Trinajstić information content (AvgIpc) is 3.39. The van der Waals surface area contributed by atoms with E-state index in [-0.39, 0.29) is 56.7 Å². The molecule has 0 aliphatic rings. The molecule has 80 heavy (non-hydrogen) atoms. The molecule has 11 amide bonds. The Morgan fingerprint density at radius 3 is 1.59 bits per heavy atom. The Hall–Kier alpha value is -7.89. The van der Waals surface area contributed by atoms with Crippen molar-refractivity contribution in [3.63, 3.8) is 0 Å². The highest BCUT2D eigenvalue weighted by atomic mass is 32.2. The molecule has 20 N–H and O–H groups in total. The molecule has 29 heteroatoms. The fraction of sp³-hybridized carbons (Fsp3) is 0.529. The first kappa shape index (κ1) is 68.2. The van der Waals surface area contributed by atoms with E-state index < -0.39 is 151 Å². The number of primary amides is 2. The van der Waals surface area contributed by atoms with E-state index in [4.69, 9.17) is 22.9 Å². The number of nitrogens with one attached hydrogen (secondary N) is 9. The fourth-order valence-corrected chi connectivity index (χ4v) is 8.10. The smallest absolute Gasteiger partial charge is 0.305 e. The van der Waals surface area contributed by atoms with E-state index in [1.807, 2.05) is 20.1 Å². The second-order valence-corrected chi connectivity index (χ2v) is 20.2. The highest BCUT2D eigenvalue weighted by Gasteiger charge is 2.34. The Kier molecular flexibility index (Phi) is 30.3. The topological polar surface area (TPSA) is 478 Å². The molecular weight excluding hydrogens is 1070 g/mol. The number of benzene rings is 2. The van der Waals surface area contributed by atoms with E-state index in [1.165, 1.54) is 36.0 Å². The molecule has 0 aliphatic heterocycles. The summed E-state index contributed by atoms with van der Waals surface area (Å²) in [4.78, 5) is 157. The lowest BCUT2D eigenvalue weighted by molar-refractivity contribution is -0.141. The number of carboxylic acid groups (broad SMARTS) is 1. The first-order valence-electron chi connectivity index (χ1n) is 25.6. The lowest BCUT2D eigenvalue weighted by atomic mass is 10.0.